The molecule has 0 aromatic carbocycles. The van der Waals surface area contributed by atoms with Crippen LogP contribution in [0.3, 0.4) is 0 Å². The lowest BCUT2D eigenvalue weighted by atomic mass is 9.68. The molecule has 0 bridgehead atoms. The molecule has 0 saturated heterocycles. The minimum Gasteiger partial charge on any atom is -0.0651 e. The third kappa shape index (κ3) is 5.88. The van der Waals surface area contributed by atoms with Gasteiger partial charge in [-0.2, -0.15) is 0 Å². The van der Waals surface area contributed by atoms with Crippen molar-refractivity contribution in [3.8, 4) is 0 Å². The van der Waals surface area contributed by atoms with Crippen molar-refractivity contribution in [2.75, 3.05) is 0 Å². The average molecular weight is 267 g/mol. The predicted octanol–water partition coefficient (Wildman–Crippen LogP) is 6.98. The van der Waals surface area contributed by atoms with Crippen LogP contribution in [0.25, 0.3) is 0 Å². The van der Waals surface area contributed by atoms with Gasteiger partial charge >= 0.3 is 0 Å². The van der Waals surface area contributed by atoms with Gasteiger partial charge in [-0.3, -0.25) is 0 Å². The maximum atomic E-state index is 2.57. The fourth-order valence-electron chi connectivity index (χ4n) is 3.87. The van der Waals surface area contributed by atoms with Crippen molar-refractivity contribution in [3.63, 3.8) is 0 Å². The summed E-state index contributed by atoms with van der Waals surface area (Å²) in [5.74, 6) is 0.888. The third-order valence-electron chi connectivity index (χ3n) is 6.00. The van der Waals surface area contributed by atoms with Gasteiger partial charge in [0, 0.05) is 0 Å². The monoisotopic (exact) mass is 266 g/mol. The van der Waals surface area contributed by atoms with Gasteiger partial charge in [-0.1, -0.05) is 79.6 Å². The molecule has 0 aromatic heterocycles. The summed E-state index contributed by atoms with van der Waals surface area (Å²) in [4.78, 5) is 0. The van der Waals surface area contributed by atoms with Gasteiger partial charge < -0.3 is 0 Å². The molecule has 1 aliphatic carbocycles. The van der Waals surface area contributed by atoms with Crippen molar-refractivity contribution in [3.05, 3.63) is 0 Å². The van der Waals surface area contributed by atoms with E-state index < -0.39 is 0 Å². The van der Waals surface area contributed by atoms with Crippen LogP contribution in [0.5, 0.6) is 0 Å². The van der Waals surface area contributed by atoms with E-state index in [4.69, 9.17) is 0 Å². The third-order valence-corrected chi connectivity index (χ3v) is 6.00. The quantitative estimate of drug-likeness (QED) is 0.505. The first-order chi connectivity index (χ1) is 8.90. The predicted molar refractivity (Wildman–Crippen MR) is 87.5 cm³/mol. The minimum atomic E-state index is 0.579. The molecule has 0 spiro atoms. The number of rotatable bonds is 2. The molecule has 114 valence electrons. The zero-order valence-electron chi connectivity index (χ0n) is 14.4. The van der Waals surface area contributed by atoms with Gasteiger partial charge in [0.15, 0.2) is 0 Å². The van der Waals surface area contributed by atoms with Crippen molar-refractivity contribution >= 4 is 0 Å². The number of hydrogen-bond donors (Lipinski definition) is 0. The SMILES string of the molecule is CCC(C)C1(C)CCCCCCCC(C)(C)CCC1. The van der Waals surface area contributed by atoms with Crippen LogP contribution >= 0.6 is 0 Å². The Kier molecular flexibility index (Phi) is 6.91. The Morgan fingerprint density at radius 3 is 1.84 bits per heavy atom. The molecule has 0 aromatic rings. The molecule has 0 aliphatic heterocycles. The Labute approximate surface area is 122 Å². The molecule has 0 N–H and O–H groups in total. The average Bonchev–Trinajstić information content (AvgIpc) is 2.35. The second kappa shape index (κ2) is 7.70. The van der Waals surface area contributed by atoms with E-state index in [1.165, 1.54) is 70.6 Å². The molecule has 1 saturated carbocycles. The Morgan fingerprint density at radius 2 is 1.21 bits per heavy atom. The maximum absolute atomic E-state index is 2.57. The summed E-state index contributed by atoms with van der Waals surface area (Å²) in [5.41, 5.74) is 1.18. The Morgan fingerprint density at radius 1 is 0.737 bits per heavy atom. The van der Waals surface area contributed by atoms with Crippen LogP contribution in [0, 0.1) is 16.7 Å². The van der Waals surface area contributed by atoms with Gasteiger partial charge in [-0.25, -0.2) is 0 Å². The first kappa shape index (κ1) is 17.1. The highest BCUT2D eigenvalue weighted by molar-refractivity contribution is 4.81. The van der Waals surface area contributed by atoms with E-state index in [-0.39, 0.29) is 0 Å². The lowest BCUT2D eigenvalue weighted by Gasteiger charge is -2.37. The van der Waals surface area contributed by atoms with Crippen molar-refractivity contribution in [1.29, 1.82) is 0 Å². The van der Waals surface area contributed by atoms with E-state index in [9.17, 15) is 0 Å². The molecule has 0 amide bonds. The Bertz CT molecular complexity index is 240. The van der Waals surface area contributed by atoms with Crippen molar-refractivity contribution < 1.29 is 0 Å². The van der Waals surface area contributed by atoms with Crippen LogP contribution in [0.15, 0.2) is 0 Å². The summed E-state index contributed by atoms with van der Waals surface area (Å²) in [6, 6.07) is 0. The molecule has 0 heteroatoms. The highest BCUT2D eigenvalue weighted by Crippen LogP contribution is 2.42. The summed E-state index contributed by atoms with van der Waals surface area (Å²) in [6.07, 6.45) is 15.9. The molecular formula is C19H38. The molecule has 1 rings (SSSR count). The largest absolute Gasteiger partial charge is 0.0651 e. The number of hydrogen-bond acceptors (Lipinski definition) is 0. The minimum absolute atomic E-state index is 0.579. The Balaban J connectivity index is 2.63. The topological polar surface area (TPSA) is 0 Å². The van der Waals surface area contributed by atoms with E-state index in [2.05, 4.69) is 34.6 Å². The molecule has 0 radical (unpaired) electrons. The van der Waals surface area contributed by atoms with Crippen molar-refractivity contribution in [2.45, 2.75) is 105 Å². The molecule has 2 atom stereocenters. The van der Waals surface area contributed by atoms with Gasteiger partial charge in [0.2, 0.25) is 0 Å². The van der Waals surface area contributed by atoms with Gasteiger partial charge in [-0.05, 0) is 42.4 Å². The zero-order chi connectivity index (χ0) is 14.4. The van der Waals surface area contributed by atoms with Crippen LogP contribution in [-0.4, -0.2) is 0 Å². The lowest BCUT2D eigenvalue weighted by Crippen LogP contribution is -2.26. The molecule has 0 nitrogen and oxygen atoms in total. The fraction of sp³-hybridized carbons (Fsp3) is 1.00. The van der Waals surface area contributed by atoms with E-state index in [0.29, 0.717) is 10.8 Å². The van der Waals surface area contributed by atoms with Crippen molar-refractivity contribution in [1.82, 2.24) is 0 Å². The van der Waals surface area contributed by atoms with Gasteiger partial charge in [0.1, 0.15) is 0 Å². The van der Waals surface area contributed by atoms with E-state index in [1.54, 1.807) is 0 Å². The second-order valence-corrected chi connectivity index (χ2v) is 8.25. The van der Waals surface area contributed by atoms with Crippen LogP contribution in [-0.2, 0) is 0 Å². The van der Waals surface area contributed by atoms with E-state index >= 15 is 0 Å². The summed E-state index contributed by atoms with van der Waals surface area (Å²) in [7, 11) is 0. The standard InChI is InChI=1S/C19H38/c1-6-17(2)19(5)15-11-9-7-8-10-13-18(3,4)14-12-16-19/h17H,6-16H2,1-5H3. The maximum Gasteiger partial charge on any atom is -0.0300 e. The highest BCUT2D eigenvalue weighted by atomic mass is 14.4. The lowest BCUT2D eigenvalue weighted by molar-refractivity contribution is 0.139. The molecule has 2 unspecified atom stereocenters. The van der Waals surface area contributed by atoms with Gasteiger partial charge in [0.25, 0.3) is 0 Å². The van der Waals surface area contributed by atoms with E-state index in [1.807, 2.05) is 0 Å². The second-order valence-electron chi connectivity index (χ2n) is 8.25. The summed E-state index contributed by atoms with van der Waals surface area (Å²) in [5, 5.41) is 0. The summed E-state index contributed by atoms with van der Waals surface area (Å²) >= 11 is 0. The smallest absolute Gasteiger partial charge is 0.0300 e. The summed E-state index contributed by atoms with van der Waals surface area (Å²) in [6.45, 7) is 12.4. The van der Waals surface area contributed by atoms with Gasteiger partial charge in [-0.15, -0.1) is 0 Å². The van der Waals surface area contributed by atoms with Gasteiger partial charge in [0.05, 0.1) is 0 Å². The van der Waals surface area contributed by atoms with Crippen LogP contribution in [0.4, 0.5) is 0 Å². The molecular weight excluding hydrogens is 228 g/mol. The first-order valence-electron chi connectivity index (χ1n) is 8.90. The first-order valence-corrected chi connectivity index (χ1v) is 8.90. The van der Waals surface area contributed by atoms with Crippen LogP contribution < -0.4 is 0 Å². The normalized spacial score (nSPS) is 32.1. The molecule has 1 fully saturated rings. The molecule has 19 heavy (non-hydrogen) atoms. The summed E-state index contributed by atoms with van der Waals surface area (Å²) < 4.78 is 0. The van der Waals surface area contributed by atoms with Crippen LogP contribution in [0.2, 0.25) is 0 Å². The zero-order valence-corrected chi connectivity index (χ0v) is 14.4. The fourth-order valence-corrected chi connectivity index (χ4v) is 3.87. The Hall–Kier alpha value is 0. The van der Waals surface area contributed by atoms with Crippen LogP contribution in [0.1, 0.15) is 105 Å². The molecule has 0 heterocycles. The highest BCUT2D eigenvalue weighted by Gasteiger charge is 2.30. The molecule has 1 aliphatic rings. The van der Waals surface area contributed by atoms with E-state index in [0.717, 1.165) is 5.92 Å². The van der Waals surface area contributed by atoms with Crippen molar-refractivity contribution in [2.24, 2.45) is 16.7 Å².